The lowest BCUT2D eigenvalue weighted by Crippen LogP contribution is -2.25. The van der Waals surface area contributed by atoms with Gasteiger partial charge in [-0.05, 0) is 102 Å². The van der Waals surface area contributed by atoms with Crippen molar-refractivity contribution in [3.05, 3.63) is 33.4 Å². The fraction of sp³-hybridized carbons (Fsp3) is 0.545. The van der Waals surface area contributed by atoms with Crippen LogP contribution in [0.1, 0.15) is 61.1 Å². The number of hydrogen-bond acceptors (Lipinski definition) is 4. The van der Waals surface area contributed by atoms with E-state index in [1.807, 2.05) is 27.7 Å². The molecule has 0 saturated carbocycles. The zero-order chi connectivity index (χ0) is 20.3. The maximum absolute atomic E-state index is 11.8. The van der Waals surface area contributed by atoms with Crippen molar-refractivity contribution in [2.75, 3.05) is 0 Å². The van der Waals surface area contributed by atoms with Crippen molar-refractivity contribution >= 4 is 23.1 Å². The van der Waals surface area contributed by atoms with Gasteiger partial charge in [0, 0.05) is 0 Å². The highest BCUT2D eigenvalue weighted by Crippen LogP contribution is 2.31. The maximum atomic E-state index is 11.8. The van der Waals surface area contributed by atoms with Crippen LogP contribution in [0.15, 0.2) is 0 Å². The largest absolute Gasteiger partial charge is 0.299 e. The van der Waals surface area contributed by atoms with Crippen molar-refractivity contribution in [2.24, 2.45) is 11.8 Å². The second-order valence-electron chi connectivity index (χ2n) is 7.41. The van der Waals surface area contributed by atoms with Gasteiger partial charge in [-0.2, -0.15) is 0 Å². The molecule has 0 radical (unpaired) electrons. The Kier molecular flexibility index (Phi) is 7.19. The van der Waals surface area contributed by atoms with E-state index in [9.17, 15) is 19.2 Å². The monoisotopic (exact) mass is 358 g/mol. The van der Waals surface area contributed by atoms with Gasteiger partial charge in [-0.15, -0.1) is 0 Å². The number of rotatable bonds is 8. The molecule has 0 aliphatic heterocycles. The number of hydrogen-bond donors (Lipinski definition) is 0. The molecule has 1 aromatic carbocycles. The summed E-state index contributed by atoms with van der Waals surface area (Å²) in [4.78, 5) is 47.4. The molecule has 26 heavy (non-hydrogen) atoms. The maximum Gasteiger partial charge on any atom is 0.140 e. The summed E-state index contributed by atoms with van der Waals surface area (Å²) in [6, 6.07) is 0. The quantitative estimate of drug-likeness (QED) is 0.666. The Labute approximate surface area is 156 Å². The molecule has 0 aliphatic carbocycles. The van der Waals surface area contributed by atoms with Gasteiger partial charge in [0.05, 0.1) is 11.8 Å². The summed E-state index contributed by atoms with van der Waals surface area (Å²) >= 11 is 0. The minimum Gasteiger partial charge on any atom is -0.299 e. The summed E-state index contributed by atoms with van der Waals surface area (Å²) in [5.74, 6) is -1.74. The summed E-state index contributed by atoms with van der Waals surface area (Å²) in [5, 5.41) is 0. The number of carbonyl (C=O) groups is 4. The highest BCUT2D eigenvalue weighted by Gasteiger charge is 2.26. The molecule has 0 fully saturated rings. The zero-order valence-corrected chi connectivity index (χ0v) is 17.2. The van der Waals surface area contributed by atoms with Crippen LogP contribution in [0, 0.1) is 39.5 Å². The third-order valence-electron chi connectivity index (χ3n) is 5.72. The Morgan fingerprint density at radius 3 is 0.885 bits per heavy atom. The number of carbonyl (C=O) groups excluding carboxylic acids is 4. The first-order chi connectivity index (χ1) is 11.9. The number of benzene rings is 1. The van der Waals surface area contributed by atoms with Gasteiger partial charge in [0.2, 0.25) is 0 Å². The van der Waals surface area contributed by atoms with Gasteiger partial charge < -0.3 is 0 Å². The lowest BCUT2D eigenvalue weighted by molar-refractivity contribution is -0.131. The number of Topliss-reactive ketones (excluding diaryl/α,β-unsaturated/α-hetero) is 4. The number of ketones is 4. The minimum absolute atomic E-state index is 0.121. The molecule has 0 aliphatic rings. The molecule has 0 amide bonds. The van der Waals surface area contributed by atoms with E-state index >= 15 is 0 Å². The highest BCUT2D eigenvalue weighted by atomic mass is 16.2. The van der Waals surface area contributed by atoms with Crippen LogP contribution in [0.2, 0.25) is 0 Å². The molecule has 0 saturated heterocycles. The van der Waals surface area contributed by atoms with Crippen molar-refractivity contribution in [3.63, 3.8) is 0 Å². The molecule has 4 heteroatoms. The van der Waals surface area contributed by atoms with Gasteiger partial charge in [0.15, 0.2) is 0 Å². The Morgan fingerprint density at radius 2 is 0.731 bits per heavy atom. The molecule has 0 N–H and O–H groups in total. The van der Waals surface area contributed by atoms with Crippen molar-refractivity contribution in [1.29, 1.82) is 0 Å². The summed E-state index contributed by atoms with van der Waals surface area (Å²) in [6.07, 6.45) is 0.792. The zero-order valence-electron chi connectivity index (χ0n) is 17.2. The Hall–Kier alpha value is -2.10. The van der Waals surface area contributed by atoms with Gasteiger partial charge in [0.1, 0.15) is 23.1 Å². The van der Waals surface area contributed by atoms with E-state index in [2.05, 4.69) is 0 Å². The second-order valence-corrected chi connectivity index (χ2v) is 7.41. The SMILES string of the molecule is CC(=O)C(Cc1c(C)c(C)c(CC(C(C)=O)C(C)=O)c(C)c1C)C(C)=O. The van der Waals surface area contributed by atoms with Crippen LogP contribution < -0.4 is 0 Å². The molecular weight excluding hydrogens is 328 g/mol. The minimum atomic E-state index is -0.626. The van der Waals surface area contributed by atoms with Gasteiger partial charge in [-0.3, -0.25) is 19.2 Å². The van der Waals surface area contributed by atoms with Crippen LogP contribution in [0.4, 0.5) is 0 Å². The third kappa shape index (κ3) is 4.54. The molecule has 142 valence electrons. The molecule has 1 aromatic rings. The summed E-state index contributed by atoms with van der Waals surface area (Å²) in [7, 11) is 0. The highest BCUT2D eigenvalue weighted by molar-refractivity contribution is 6.01. The molecular formula is C22H30O4. The van der Waals surface area contributed by atoms with E-state index in [1.165, 1.54) is 27.7 Å². The van der Waals surface area contributed by atoms with E-state index in [0.29, 0.717) is 12.8 Å². The van der Waals surface area contributed by atoms with E-state index < -0.39 is 11.8 Å². The first-order valence-electron chi connectivity index (χ1n) is 8.99. The van der Waals surface area contributed by atoms with Gasteiger partial charge in [-0.25, -0.2) is 0 Å². The van der Waals surface area contributed by atoms with Gasteiger partial charge in [-0.1, -0.05) is 0 Å². The molecule has 0 spiro atoms. The molecule has 0 atom stereocenters. The summed E-state index contributed by atoms with van der Waals surface area (Å²) in [5.41, 5.74) is 6.15. The van der Waals surface area contributed by atoms with Crippen molar-refractivity contribution in [1.82, 2.24) is 0 Å². The predicted molar refractivity (Wildman–Crippen MR) is 103 cm³/mol. The van der Waals surface area contributed by atoms with Crippen LogP contribution in [-0.2, 0) is 32.0 Å². The lowest BCUT2D eigenvalue weighted by atomic mass is 9.80. The first-order valence-corrected chi connectivity index (χ1v) is 8.99. The van der Waals surface area contributed by atoms with Crippen LogP contribution in [-0.4, -0.2) is 23.1 Å². The van der Waals surface area contributed by atoms with E-state index in [1.54, 1.807) is 0 Å². The standard InChI is InChI=1S/C22H30O4/c1-11-12(2)20(10-22(17(7)25)18(8)26)14(4)13(3)19(11)9-21(15(5)23)16(6)24/h21-22H,9-10H2,1-8H3. The van der Waals surface area contributed by atoms with Crippen molar-refractivity contribution in [3.8, 4) is 0 Å². The smallest absolute Gasteiger partial charge is 0.140 e. The van der Waals surface area contributed by atoms with Crippen molar-refractivity contribution < 1.29 is 19.2 Å². The molecule has 1 rings (SSSR count). The van der Waals surface area contributed by atoms with Crippen LogP contribution in [0.25, 0.3) is 0 Å². The topological polar surface area (TPSA) is 68.3 Å². The molecule has 0 aromatic heterocycles. The Bertz CT molecular complexity index is 649. The van der Waals surface area contributed by atoms with E-state index in [0.717, 1.165) is 33.4 Å². The molecule has 0 bridgehead atoms. The van der Waals surface area contributed by atoms with Gasteiger partial charge in [0.25, 0.3) is 0 Å². The van der Waals surface area contributed by atoms with Crippen molar-refractivity contribution in [2.45, 2.75) is 68.2 Å². The average molecular weight is 358 g/mol. The normalized spacial score (nSPS) is 11.2. The predicted octanol–water partition coefficient (Wildman–Crippen LogP) is 3.59. The first kappa shape index (κ1) is 21.9. The fourth-order valence-corrected chi connectivity index (χ4v) is 3.64. The molecule has 0 unspecified atom stereocenters. The van der Waals surface area contributed by atoms with E-state index in [4.69, 9.17) is 0 Å². The van der Waals surface area contributed by atoms with Crippen LogP contribution in [0.5, 0.6) is 0 Å². The van der Waals surface area contributed by atoms with E-state index in [-0.39, 0.29) is 23.1 Å². The average Bonchev–Trinajstić information content (AvgIpc) is 2.51. The lowest BCUT2D eigenvalue weighted by Gasteiger charge is -2.24. The van der Waals surface area contributed by atoms with Crippen LogP contribution >= 0.6 is 0 Å². The summed E-state index contributed by atoms with van der Waals surface area (Å²) in [6.45, 7) is 13.7. The third-order valence-corrected chi connectivity index (χ3v) is 5.72. The van der Waals surface area contributed by atoms with Crippen LogP contribution in [0.3, 0.4) is 0 Å². The molecule has 4 nitrogen and oxygen atoms in total. The Morgan fingerprint density at radius 1 is 0.538 bits per heavy atom. The summed E-state index contributed by atoms with van der Waals surface area (Å²) < 4.78 is 0. The fourth-order valence-electron chi connectivity index (χ4n) is 3.64. The second kappa shape index (κ2) is 8.52. The molecule has 0 heterocycles. The Balaban J connectivity index is 3.46. The van der Waals surface area contributed by atoms with Gasteiger partial charge >= 0.3 is 0 Å².